The standard InChI is InChI=1S/C24H24N4O5S/c1-15(29)27(2)23-25-18(14-34-23)13-28-21(30)24(26-22(28)31,16-5-9-19(32-3)10-6-16)17-7-11-20(33-4)12-8-17/h5-12,14H,13H2,1-4H3,(H,26,31). The number of carbonyl (C=O) groups is 3. The summed E-state index contributed by atoms with van der Waals surface area (Å²) >= 11 is 1.27. The molecule has 2 aromatic carbocycles. The van der Waals surface area contributed by atoms with Crippen LogP contribution in [0.25, 0.3) is 0 Å². The Labute approximate surface area is 200 Å². The van der Waals surface area contributed by atoms with E-state index in [1.54, 1.807) is 75.2 Å². The molecule has 2 heterocycles. The normalized spacial score (nSPS) is 14.6. The highest BCUT2D eigenvalue weighted by atomic mass is 32.1. The highest BCUT2D eigenvalue weighted by Crippen LogP contribution is 2.38. The molecule has 1 saturated heterocycles. The molecule has 3 aromatic rings. The van der Waals surface area contributed by atoms with Gasteiger partial charge in [-0.3, -0.25) is 19.4 Å². The van der Waals surface area contributed by atoms with Gasteiger partial charge in [0.1, 0.15) is 11.5 Å². The number of anilines is 1. The Hall–Kier alpha value is -3.92. The molecule has 1 N–H and O–H groups in total. The van der Waals surface area contributed by atoms with Gasteiger partial charge in [-0.1, -0.05) is 24.3 Å². The molecule has 0 spiro atoms. The number of hydrogen-bond donors (Lipinski definition) is 1. The highest BCUT2D eigenvalue weighted by molar-refractivity contribution is 7.14. The minimum absolute atomic E-state index is 0.0268. The topological polar surface area (TPSA) is 101 Å². The van der Waals surface area contributed by atoms with E-state index in [-0.39, 0.29) is 12.5 Å². The molecule has 1 fully saturated rings. The first-order chi connectivity index (χ1) is 16.3. The molecule has 10 heteroatoms. The summed E-state index contributed by atoms with van der Waals surface area (Å²) in [5.41, 5.74) is 0.269. The molecule has 0 aliphatic carbocycles. The molecule has 0 radical (unpaired) electrons. The van der Waals surface area contributed by atoms with Crippen LogP contribution in [0.2, 0.25) is 0 Å². The van der Waals surface area contributed by atoms with Gasteiger partial charge in [0.25, 0.3) is 5.91 Å². The number of nitrogens with one attached hydrogen (secondary N) is 1. The number of rotatable bonds is 7. The summed E-state index contributed by atoms with van der Waals surface area (Å²) in [5, 5.41) is 5.13. The van der Waals surface area contributed by atoms with Crippen LogP contribution in [0, 0.1) is 0 Å². The number of urea groups is 1. The van der Waals surface area contributed by atoms with Gasteiger partial charge < -0.3 is 14.8 Å². The van der Waals surface area contributed by atoms with Crippen LogP contribution in [-0.2, 0) is 21.7 Å². The van der Waals surface area contributed by atoms with E-state index in [1.807, 2.05) is 0 Å². The Morgan fingerprint density at radius 1 is 1.03 bits per heavy atom. The van der Waals surface area contributed by atoms with E-state index in [9.17, 15) is 14.4 Å². The van der Waals surface area contributed by atoms with Crippen LogP contribution in [0.5, 0.6) is 11.5 Å². The molecule has 4 rings (SSSR count). The van der Waals surface area contributed by atoms with Crippen molar-refractivity contribution in [2.45, 2.75) is 19.0 Å². The van der Waals surface area contributed by atoms with Crippen molar-refractivity contribution in [2.75, 3.05) is 26.2 Å². The van der Waals surface area contributed by atoms with Gasteiger partial charge in [-0.15, -0.1) is 11.3 Å². The fourth-order valence-corrected chi connectivity index (χ4v) is 4.60. The summed E-state index contributed by atoms with van der Waals surface area (Å²) < 4.78 is 10.5. The first kappa shape index (κ1) is 23.2. The number of imide groups is 1. The van der Waals surface area contributed by atoms with E-state index in [2.05, 4.69) is 10.3 Å². The Morgan fingerprint density at radius 2 is 1.56 bits per heavy atom. The molecule has 1 aliphatic rings. The smallest absolute Gasteiger partial charge is 0.325 e. The molecular formula is C24H24N4O5S. The predicted octanol–water partition coefficient (Wildman–Crippen LogP) is 3.14. The third kappa shape index (κ3) is 3.96. The Kier molecular flexibility index (Phi) is 6.25. The first-order valence-corrected chi connectivity index (χ1v) is 11.3. The predicted molar refractivity (Wildman–Crippen MR) is 127 cm³/mol. The second-order valence-electron chi connectivity index (χ2n) is 7.73. The average Bonchev–Trinajstić information content (AvgIpc) is 3.42. The number of hydrogen-bond acceptors (Lipinski definition) is 7. The van der Waals surface area contributed by atoms with Crippen molar-refractivity contribution < 1.29 is 23.9 Å². The zero-order chi connectivity index (χ0) is 24.5. The Bertz CT molecular complexity index is 1180. The summed E-state index contributed by atoms with van der Waals surface area (Å²) in [5.74, 6) is 0.676. The number of methoxy groups -OCH3 is 2. The molecule has 0 atom stereocenters. The summed E-state index contributed by atoms with van der Waals surface area (Å²) in [7, 11) is 4.74. The second kappa shape index (κ2) is 9.14. The minimum atomic E-state index is -1.43. The van der Waals surface area contributed by atoms with Gasteiger partial charge in [-0.05, 0) is 35.4 Å². The molecule has 9 nitrogen and oxygen atoms in total. The average molecular weight is 481 g/mol. The largest absolute Gasteiger partial charge is 0.497 e. The summed E-state index contributed by atoms with van der Waals surface area (Å²) in [6, 6.07) is 13.5. The van der Waals surface area contributed by atoms with Crippen molar-refractivity contribution in [3.8, 4) is 11.5 Å². The quantitative estimate of drug-likeness (QED) is 0.522. The van der Waals surface area contributed by atoms with Crippen LogP contribution in [0.4, 0.5) is 9.93 Å². The highest BCUT2D eigenvalue weighted by Gasteiger charge is 2.53. The number of ether oxygens (including phenoxy) is 2. The van der Waals surface area contributed by atoms with Crippen LogP contribution in [0.3, 0.4) is 0 Å². The third-order valence-electron chi connectivity index (χ3n) is 5.77. The van der Waals surface area contributed by atoms with E-state index >= 15 is 0 Å². The van der Waals surface area contributed by atoms with Gasteiger partial charge >= 0.3 is 6.03 Å². The molecule has 0 saturated carbocycles. The van der Waals surface area contributed by atoms with E-state index in [1.165, 1.54) is 23.2 Å². The summed E-state index contributed by atoms with van der Waals surface area (Å²) in [6.07, 6.45) is 0. The Morgan fingerprint density at radius 3 is 2.03 bits per heavy atom. The van der Waals surface area contributed by atoms with Crippen molar-refractivity contribution in [3.63, 3.8) is 0 Å². The number of aromatic nitrogens is 1. The van der Waals surface area contributed by atoms with E-state index in [0.717, 1.165) is 4.90 Å². The molecule has 0 bridgehead atoms. The number of carbonyl (C=O) groups excluding carboxylic acids is 3. The lowest BCUT2D eigenvalue weighted by Gasteiger charge is -2.28. The fraction of sp³-hybridized carbons (Fsp3) is 0.250. The molecule has 4 amide bonds. The van der Waals surface area contributed by atoms with Gasteiger partial charge in [-0.2, -0.15) is 0 Å². The zero-order valence-corrected chi connectivity index (χ0v) is 20.0. The van der Waals surface area contributed by atoms with Crippen LogP contribution >= 0.6 is 11.3 Å². The van der Waals surface area contributed by atoms with Crippen molar-refractivity contribution >= 4 is 34.3 Å². The molecule has 1 aliphatic heterocycles. The van der Waals surface area contributed by atoms with Crippen LogP contribution in [0.15, 0.2) is 53.9 Å². The van der Waals surface area contributed by atoms with E-state index in [0.29, 0.717) is 33.5 Å². The second-order valence-corrected chi connectivity index (χ2v) is 8.56. The van der Waals surface area contributed by atoms with Gasteiger partial charge in [0.05, 0.1) is 26.5 Å². The van der Waals surface area contributed by atoms with Crippen molar-refractivity contribution in [3.05, 3.63) is 70.7 Å². The lowest BCUT2D eigenvalue weighted by atomic mass is 9.82. The van der Waals surface area contributed by atoms with Crippen LogP contribution in [0.1, 0.15) is 23.7 Å². The van der Waals surface area contributed by atoms with Crippen molar-refractivity contribution in [2.24, 2.45) is 0 Å². The number of thiazole rings is 1. The summed E-state index contributed by atoms with van der Waals surface area (Å²) in [6.45, 7) is 1.41. The molecule has 1 aromatic heterocycles. The third-order valence-corrected chi connectivity index (χ3v) is 6.74. The first-order valence-electron chi connectivity index (χ1n) is 10.4. The minimum Gasteiger partial charge on any atom is -0.497 e. The van der Waals surface area contributed by atoms with Gasteiger partial charge in [0, 0.05) is 19.4 Å². The lowest BCUT2D eigenvalue weighted by molar-refractivity contribution is -0.130. The van der Waals surface area contributed by atoms with Crippen molar-refractivity contribution in [1.82, 2.24) is 15.2 Å². The fourth-order valence-electron chi connectivity index (χ4n) is 3.78. The van der Waals surface area contributed by atoms with E-state index < -0.39 is 17.5 Å². The maximum atomic E-state index is 13.9. The van der Waals surface area contributed by atoms with Crippen molar-refractivity contribution in [1.29, 1.82) is 0 Å². The van der Waals surface area contributed by atoms with Gasteiger partial charge in [0.15, 0.2) is 10.7 Å². The number of nitrogens with zero attached hydrogens (tertiary/aromatic N) is 3. The lowest BCUT2D eigenvalue weighted by Crippen LogP contribution is -2.45. The van der Waals surface area contributed by atoms with Crippen LogP contribution < -0.4 is 19.7 Å². The number of amides is 4. The molecular weight excluding hydrogens is 456 g/mol. The van der Waals surface area contributed by atoms with Gasteiger partial charge in [-0.25, -0.2) is 9.78 Å². The molecule has 0 unspecified atom stereocenters. The maximum absolute atomic E-state index is 13.9. The summed E-state index contributed by atoms with van der Waals surface area (Å²) in [4.78, 5) is 45.6. The molecule has 34 heavy (non-hydrogen) atoms. The zero-order valence-electron chi connectivity index (χ0n) is 19.2. The maximum Gasteiger partial charge on any atom is 0.325 e. The monoisotopic (exact) mass is 480 g/mol. The van der Waals surface area contributed by atoms with E-state index in [4.69, 9.17) is 9.47 Å². The number of benzene rings is 2. The molecule has 176 valence electrons. The Balaban J connectivity index is 1.73. The SMILES string of the molecule is COc1ccc(C2(c3ccc(OC)cc3)NC(=O)N(Cc3csc(N(C)C(C)=O)n3)C2=O)cc1. The van der Waals surface area contributed by atoms with Gasteiger partial charge in [0.2, 0.25) is 5.91 Å². The van der Waals surface area contributed by atoms with Crippen LogP contribution in [-0.4, -0.2) is 49.0 Å².